The van der Waals surface area contributed by atoms with Crippen molar-refractivity contribution in [3.63, 3.8) is 0 Å². The van der Waals surface area contributed by atoms with Gasteiger partial charge in [-0.3, -0.25) is 9.59 Å². The Morgan fingerprint density at radius 2 is 1.43 bits per heavy atom. The van der Waals surface area contributed by atoms with E-state index in [9.17, 15) is 9.59 Å². The zero-order valence-corrected chi connectivity index (χ0v) is 16.7. The van der Waals surface area contributed by atoms with Crippen LogP contribution >= 0.6 is 15.9 Å². The van der Waals surface area contributed by atoms with Crippen LogP contribution in [0, 0.1) is 0 Å². The Labute approximate surface area is 171 Å². The number of hydrogen-bond acceptors (Lipinski definition) is 3. The molecule has 0 fully saturated rings. The smallest absolute Gasteiger partial charge is 0.271 e. The Hall–Kier alpha value is -3.25. The second kappa shape index (κ2) is 9.10. The molecule has 6 heteroatoms. The summed E-state index contributed by atoms with van der Waals surface area (Å²) in [5.41, 5.74) is 5.83. The first-order valence-electron chi connectivity index (χ1n) is 8.60. The number of halogens is 1. The Morgan fingerprint density at radius 1 is 0.786 bits per heavy atom. The van der Waals surface area contributed by atoms with Crippen molar-refractivity contribution in [2.45, 2.75) is 6.92 Å². The number of amides is 2. The van der Waals surface area contributed by atoms with E-state index < -0.39 is 0 Å². The highest BCUT2D eigenvalue weighted by Gasteiger charge is 2.09. The van der Waals surface area contributed by atoms with Gasteiger partial charge in [0.25, 0.3) is 11.8 Å². The van der Waals surface area contributed by atoms with E-state index in [0.717, 1.165) is 10.0 Å². The number of rotatable bonds is 5. The molecule has 0 saturated carbocycles. The lowest BCUT2D eigenvalue weighted by atomic mass is 10.1. The molecule has 0 spiro atoms. The van der Waals surface area contributed by atoms with Crippen LogP contribution in [0.2, 0.25) is 0 Å². The minimum Gasteiger partial charge on any atom is -0.322 e. The van der Waals surface area contributed by atoms with Crippen LogP contribution < -0.4 is 10.7 Å². The predicted octanol–water partition coefficient (Wildman–Crippen LogP) is 4.86. The van der Waals surface area contributed by atoms with Crippen LogP contribution in [0.3, 0.4) is 0 Å². The van der Waals surface area contributed by atoms with Crippen LogP contribution in [0.1, 0.15) is 33.2 Å². The standard InChI is InChI=1S/C22H18BrN3O2/c1-15(25-26-21(27)17-7-3-2-4-8-17)16-11-13-18(14-12-16)24-22(28)19-9-5-6-10-20(19)23/h2-14H,1H3,(H,24,28)(H,26,27)/b25-15+. The van der Waals surface area contributed by atoms with E-state index in [1.165, 1.54) is 0 Å². The maximum Gasteiger partial charge on any atom is 0.271 e. The third-order valence-corrected chi connectivity index (χ3v) is 4.73. The van der Waals surface area contributed by atoms with Crippen molar-refractivity contribution in [3.8, 4) is 0 Å². The summed E-state index contributed by atoms with van der Waals surface area (Å²) in [6, 6.07) is 23.4. The molecule has 0 aliphatic carbocycles. The molecule has 3 aromatic rings. The van der Waals surface area contributed by atoms with Gasteiger partial charge < -0.3 is 5.32 Å². The average molecular weight is 436 g/mol. The van der Waals surface area contributed by atoms with E-state index >= 15 is 0 Å². The number of carbonyl (C=O) groups excluding carboxylic acids is 2. The molecule has 0 aliphatic heterocycles. The van der Waals surface area contributed by atoms with E-state index in [1.54, 1.807) is 49.4 Å². The molecule has 5 nitrogen and oxygen atoms in total. The number of carbonyl (C=O) groups is 2. The Bertz CT molecular complexity index is 1020. The van der Waals surface area contributed by atoms with Gasteiger partial charge in [-0.05, 0) is 64.8 Å². The highest BCUT2D eigenvalue weighted by molar-refractivity contribution is 9.10. The average Bonchev–Trinajstić information content (AvgIpc) is 2.73. The Morgan fingerprint density at radius 3 is 2.11 bits per heavy atom. The van der Waals surface area contributed by atoms with Crippen molar-refractivity contribution in [2.75, 3.05) is 5.32 Å². The van der Waals surface area contributed by atoms with E-state index in [2.05, 4.69) is 31.8 Å². The van der Waals surface area contributed by atoms with E-state index in [0.29, 0.717) is 22.5 Å². The first-order valence-corrected chi connectivity index (χ1v) is 9.40. The molecule has 28 heavy (non-hydrogen) atoms. The maximum atomic E-state index is 12.4. The van der Waals surface area contributed by atoms with Crippen molar-refractivity contribution in [1.29, 1.82) is 0 Å². The summed E-state index contributed by atoms with van der Waals surface area (Å²) in [5, 5.41) is 7.00. The summed E-state index contributed by atoms with van der Waals surface area (Å²) in [6.07, 6.45) is 0. The Balaban J connectivity index is 1.64. The van der Waals surface area contributed by atoms with Crippen molar-refractivity contribution in [2.24, 2.45) is 5.10 Å². The molecular weight excluding hydrogens is 418 g/mol. The molecule has 140 valence electrons. The maximum absolute atomic E-state index is 12.4. The topological polar surface area (TPSA) is 70.6 Å². The third kappa shape index (κ3) is 4.92. The molecule has 0 heterocycles. The van der Waals surface area contributed by atoms with E-state index in [1.807, 2.05) is 36.4 Å². The van der Waals surface area contributed by atoms with Gasteiger partial charge in [0.05, 0.1) is 11.3 Å². The quantitative estimate of drug-likeness (QED) is 0.443. The van der Waals surface area contributed by atoms with Crippen molar-refractivity contribution in [3.05, 3.63) is 100 Å². The lowest BCUT2D eigenvalue weighted by Crippen LogP contribution is -2.19. The molecule has 0 aromatic heterocycles. The van der Waals surface area contributed by atoms with Crippen molar-refractivity contribution in [1.82, 2.24) is 5.43 Å². The second-order valence-electron chi connectivity index (χ2n) is 6.02. The molecule has 0 saturated heterocycles. The molecule has 3 rings (SSSR count). The summed E-state index contributed by atoms with van der Waals surface area (Å²) in [6.45, 7) is 1.81. The fraction of sp³-hybridized carbons (Fsp3) is 0.0455. The number of benzene rings is 3. The highest BCUT2D eigenvalue weighted by atomic mass is 79.9. The van der Waals surface area contributed by atoms with Crippen LogP contribution in [0.5, 0.6) is 0 Å². The van der Waals surface area contributed by atoms with Crippen LogP contribution in [0.25, 0.3) is 0 Å². The molecule has 0 bridgehead atoms. The summed E-state index contributed by atoms with van der Waals surface area (Å²) < 4.78 is 0.737. The predicted molar refractivity (Wildman–Crippen MR) is 115 cm³/mol. The van der Waals surface area contributed by atoms with Crippen LogP contribution in [0.4, 0.5) is 5.69 Å². The molecular formula is C22H18BrN3O2. The monoisotopic (exact) mass is 435 g/mol. The molecule has 2 N–H and O–H groups in total. The number of hydrazone groups is 1. The molecule has 0 aliphatic rings. The van der Waals surface area contributed by atoms with Crippen LogP contribution in [-0.2, 0) is 0 Å². The van der Waals surface area contributed by atoms with Gasteiger partial charge in [-0.15, -0.1) is 0 Å². The van der Waals surface area contributed by atoms with Gasteiger partial charge in [0.1, 0.15) is 0 Å². The fourth-order valence-corrected chi connectivity index (χ4v) is 2.96. The normalized spacial score (nSPS) is 11.0. The largest absolute Gasteiger partial charge is 0.322 e. The first kappa shape index (κ1) is 19.5. The summed E-state index contributed by atoms with van der Waals surface area (Å²) >= 11 is 3.38. The lowest BCUT2D eigenvalue weighted by Gasteiger charge is -2.08. The zero-order chi connectivity index (χ0) is 19.9. The van der Waals surface area contributed by atoms with Gasteiger partial charge in [0.15, 0.2) is 0 Å². The van der Waals surface area contributed by atoms with E-state index in [-0.39, 0.29) is 11.8 Å². The second-order valence-corrected chi connectivity index (χ2v) is 6.87. The first-order chi connectivity index (χ1) is 13.5. The highest BCUT2D eigenvalue weighted by Crippen LogP contribution is 2.18. The minimum absolute atomic E-state index is 0.194. The summed E-state index contributed by atoms with van der Waals surface area (Å²) in [4.78, 5) is 24.4. The van der Waals surface area contributed by atoms with Gasteiger partial charge in [-0.2, -0.15) is 5.10 Å². The number of nitrogens with one attached hydrogen (secondary N) is 2. The van der Waals surface area contributed by atoms with Gasteiger partial charge in [-0.1, -0.05) is 42.5 Å². The number of anilines is 1. The molecule has 2 amide bonds. The summed E-state index contributed by atoms with van der Waals surface area (Å²) in [7, 11) is 0. The van der Waals surface area contributed by atoms with Gasteiger partial charge in [0.2, 0.25) is 0 Å². The number of hydrogen-bond donors (Lipinski definition) is 2. The van der Waals surface area contributed by atoms with E-state index in [4.69, 9.17) is 0 Å². The van der Waals surface area contributed by atoms with Gasteiger partial charge in [-0.25, -0.2) is 5.43 Å². The van der Waals surface area contributed by atoms with Crippen LogP contribution in [0.15, 0.2) is 88.4 Å². The van der Waals surface area contributed by atoms with Crippen LogP contribution in [-0.4, -0.2) is 17.5 Å². The van der Waals surface area contributed by atoms with Gasteiger partial charge in [0, 0.05) is 15.7 Å². The van der Waals surface area contributed by atoms with Crippen molar-refractivity contribution < 1.29 is 9.59 Å². The Kier molecular flexibility index (Phi) is 6.34. The minimum atomic E-state index is -0.266. The molecule has 0 unspecified atom stereocenters. The SMILES string of the molecule is C/C(=N\NC(=O)c1ccccc1)c1ccc(NC(=O)c2ccccc2Br)cc1. The molecule has 0 atom stereocenters. The molecule has 0 radical (unpaired) electrons. The lowest BCUT2D eigenvalue weighted by molar-refractivity contribution is 0.0954. The number of nitrogens with zero attached hydrogens (tertiary/aromatic N) is 1. The molecule has 3 aromatic carbocycles. The van der Waals surface area contributed by atoms with Gasteiger partial charge >= 0.3 is 0 Å². The third-order valence-electron chi connectivity index (χ3n) is 4.04. The zero-order valence-electron chi connectivity index (χ0n) is 15.1. The summed E-state index contributed by atoms with van der Waals surface area (Å²) in [5.74, 6) is -0.460. The van der Waals surface area contributed by atoms with Crippen molar-refractivity contribution >= 4 is 39.1 Å². The fourth-order valence-electron chi connectivity index (χ4n) is 2.49.